The van der Waals surface area contributed by atoms with Gasteiger partial charge in [0.2, 0.25) is 11.8 Å². The Morgan fingerprint density at radius 1 is 1.12 bits per heavy atom. The van der Waals surface area contributed by atoms with Crippen molar-refractivity contribution in [1.82, 2.24) is 20.0 Å². The molecule has 3 saturated heterocycles. The summed E-state index contributed by atoms with van der Waals surface area (Å²) in [6.45, 7) is 3.53. The summed E-state index contributed by atoms with van der Waals surface area (Å²) in [6.07, 6.45) is 3.25. The molecule has 8 heteroatoms. The number of amides is 2. The second kappa shape index (κ2) is 10.4. The first-order valence-corrected chi connectivity index (χ1v) is 12.3. The topological polar surface area (TPSA) is 79.4 Å². The van der Waals surface area contributed by atoms with Gasteiger partial charge in [-0.2, -0.15) is 0 Å². The van der Waals surface area contributed by atoms with Gasteiger partial charge in [-0.1, -0.05) is 12.1 Å². The molecule has 4 rings (SSSR count). The zero-order chi connectivity index (χ0) is 23.5. The lowest BCUT2D eigenvalue weighted by atomic mass is 10.0. The number of carbonyl (C=O) groups is 2. The van der Waals surface area contributed by atoms with Crippen LogP contribution in [0.1, 0.15) is 37.7 Å². The van der Waals surface area contributed by atoms with Crippen molar-refractivity contribution < 1.29 is 14.7 Å². The summed E-state index contributed by atoms with van der Waals surface area (Å²) >= 11 is 0. The smallest absolute Gasteiger partial charge is 0.239 e. The molecule has 2 amide bonds. The number of likely N-dealkylation sites (tertiary alicyclic amines) is 2. The van der Waals surface area contributed by atoms with Crippen LogP contribution in [0.4, 0.5) is 5.69 Å². The Bertz CT molecular complexity index is 822. The minimum Gasteiger partial charge on any atom is -0.393 e. The normalized spacial score (nSPS) is 27.2. The first-order chi connectivity index (χ1) is 15.8. The number of anilines is 1. The van der Waals surface area contributed by atoms with Gasteiger partial charge >= 0.3 is 0 Å². The van der Waals surface area contributed by atoms with Gasteiger partial charge in [0.1, 0.15) is 6.04 Å². The molecule has 182 valence electrons. The van der Waals surface area contributed by atoms with Crippen LogP contribution in [-0.2, 0) is 16.1 Å². The maximum Gasteiger partial charge on any atom is 0.239 e. The van der Waals surface area contributed by atoms with E-state index in [4.69, 9.17) is 0 Å². The standard InChI is InChI=1S/C25H39N5O3/c1-27(2)19-6-4-18(5-7-19)17-30-15-12-22-24(30)25(33)26-16-20(28(22)3)8-9-23(32)29-13-10-21(31)11-14-29/h4-7,20-22,24,31H,8-17H2,1-3H3,(H,26,33). The van der Waals surface area contributed by atoms with Gasteiger partial charge < -0.3 is 20.2 Å². The first kappa shape index (κ1) is 24.0. The number of likely N-dealkylation sites (N-methyl/N-ethyl adjacent to an activating group) is 1. The summed E-state index contributed by atoms with van der Waals surface area (Å²) in [4.78, 5) is 34.3. The second-order valence-electron chi connectivity index (χ2n) is 10.0. The zero-order valence-electron chi connectivity index (χ0n) is 20.2. The van der Waals surface area contributed by atoms with Gasteiger partial charge in [0.15, 0.2) is 0 Å². The lowest BCUT2D eigenvalue weighted by Gasteiger charge is -2.34. The van der Waals surface area contributed by atoms with E-state index in [-0.39, 0.29) is 36.0 Å². The summed E-state index contributed by atoms with van der Waals surface area (Å²) in [7, 11) is 6.18. The van der Waals surface area contributed by atoms with E-state index in [0.717, 1.165) is 25.9 Å². The Balaban J connectivity index is 1.35. The van der Waals surface area contributed by atoms with E-state index in [9.17, 15) is 14.7 Å². The number of piperidine rings is 1. The van der Waals surface area contributed by atoms with Crippen LogP contribution in [0.2, 0.25) is 0 Å². The molecule has 1 aromatic carbocycles. The number of hydrogen-bond acceptors (Lipinski definition) is 6. The number of nitrogens with zero attached hydrogens (tertiary/aromatic N) is 4. The zero-order valence-corrected chi connectivity index (χ0v) is 20.2. The fourth-order valence-corrected chi connectivity index (χ4v) is 5.52. The SMILES string of the molecule is CN(C)c1ccc(CN2CCC3C2C(=O)NCC(CCC(=O)N2CCC(O)CC2)N3C)cc1. The van der Waals surface area contributed by atoms with E-state index in [1.807, 2.05) is 19.0 Å². The monoisotopic (exact) mass is 457 g/mol. The van der Waals surface area contributed by atoms with E-state index in [2.05, 4.69) is 51.3 Å². The van der Waals surface area contributed by atoms with Gasteiger partial charge in [0, 0.05) is 71.0 Å². The molecule has 3 fully saturated rings. The van der Waals surface area contributed by atoms with Crippen molar-refractivity contribution in [1.29, 1.82) is 0 Å². The van der Waals surface area contributed by atoms with E-state index in [1.165, 1.54) is 11.3 Å². The number of hydrogen-bond donors (Lipinski definition) is 2. The molecule has 0 aliphatic carbocycles. The van der Waals surface area contributed by atoms with Crippen LogP contribution in [0.15, 0.2) is 24.3 Å². The van der Waals surface area contributed by atoms with Crippen molar-refractivity contribution in [2.75, 3.05) is 52.2 Å². The van der Waals surface area contributed by atoms with Crippen molar-refractivity contribution >= 4 is 17.5 Å². The summed E-state index contributed by atoms with van der Waals surface area (Å²) in [6, 6.07) is 8.70. The van der Waals surface area contributed by atoms with Crippen LogP contribution in [0.25, 0.3) is 0 Å². The molecule has 0 radical (unpaired) electrons. The summed E-state index contributed by atoms with van der Waals surface area (Å²) < 4.78 is 0. The van der Waals surface area contributed by atoms with Crippen molar-refractivity contribution in [2.24, 2.45) is 0 Å². The van der Waals surface area contributed by atoms with E-state index in [1.54, 1.807) is 0 Å². The van der Waals surface area contributed by atoms with Crippen LogP contribution >= 0.6 is 0 Å². The molecular weight excluding hydrogens is 418 g/mol. The molecular formula is C25H39N5O3. The molecule has 1 aromatic rings. The number of benzene rings is 1. The predicted octanol–water partition coefficient (Wildman–Crippen LogP) is 0.889. The lowest BCUT2D eigenvalue weighted by Crippen LogP contribution is -2.49. The summed E-state index contributed by atoms with van der Waals surface area (Å²) in [5.41, 5.74) is 2.39. The number of fused-ring (bicyclic) bond motifs is 1. The molecule has 0 spiro atoms. The number of aliphatic hydroxyl groups excluding tert-OH is 1. The average Bonchev–Trinajstić information content (AvgIpc) is 3.17. The maximum absolute atomic E-state index is 13.1. The van der Waals surface area contributed by atoms with Crippen molar-refractivity contribution in [3.8, 4) is 0 Å². The minimum absolute atomic E-state index is 0.105. The van der Waals surface area contributed by atoms with Crippen molar-refractivity contribution in [2.45, 2.75) is 62.9 Å². The van der Waals surface area contributed by atoms with Crippen LogP contribution < -0.4 is 10.2 Å². The molecule has 3 unspecified atom stereocenters. The summed E-state index contributed by atoms with van der Waals surface area (Å²) in [5.74, 6) is 0.268. The molecule has 2 N–H and O–H groups in total. The van der Waals surface area contributed by atoms with Gasteiger partial charge in [-0.25, -0.2) is 0 Å². The molecule has 3 atom stereocenters. The summed E-state index contributed by atoms with van der Waals surface area (Å²) in [5, 5.41) is 12.8. The average molecular weight is 458 g/mol. The molecule has 0 aromatic heterocycles. The molecule has 0 saturated carbocycles. The van der Waals surface area contributed by atoms with E-state index in [0.29, 0.717) is 38.9 Å². The molecule has 3 aliphatic heterocycles. The Hall–Kier alpha value is -2.16. The number of nitrogens with one attached hydrogen (secondary N) is 1. The Morgan fingerprint density at radius 3 is 2.48 bits per heavy atom. The van der Waals surface area contributed by atoms with Gasteiger partial charge in [0.25, 0.3) is 0 Å². The second-order valence-corrected chi connectivity index (χ2v) is 10.0. The van der Waals surface area contributed by atoms with Crippen molar-refractivity contribution in [3.05, 3.63) is 29.8 Å². The largest absolute Gasteiger partial charge is 0.393 e. The van der Waals surface area contributed by atoms with Gasteiger partial charge in [-0.05, 0) is 50.4 Å². The fraction of sp³-hybridized carbons (Fsp3) is 0.680. The molecule has 3 aliphatic rings. The lowest BCUT2D eigenvalue weighted by molar-refractivity contribution is -0.133. The number of rotatable bonds is 6. The molecule has 3 heterocycles. The van der Waals surface area contributed by atoms with Crippen LogP contribution in [0.5, 0.6) is 0 Å². The highest BCUT2D eigenvalue weighted by Crippen LogP contribution is 2.29. The molecule has 8 nitrogen and oxygen atoms in total. The molecule has 0 bridgehead atoms. The van der Waals surface area contributed by atoms with Crippen molar-refractivity contribution in [3.63, 3.8) is 0 Å². The highest BCUT2D eigenvalue weighted by Gasteiger charge is 2.45. The highest BCUT2D eigenvalue weighted by atomic mass is 16.3. The minimum atomic E-state index is -0.273. The van der Waals surface area contributed by atoms with Gasteiger partial charge in [0.05, 0.1) is 6.10 Å². The number of carbonyl (C=O) groups excluding carboxylic acids is 2. The fourth-order valence-electron chi connectivity index (χ4n) is 5.52. The van der Waals surface area contributed by atoms with E-state index >= 15 is 0 Å². The van der Waals surface area contributed by atoms with Gasteiger partial charge in [-0.15, -0.1) is 0 Å². The van der Waals surface area contributed by atoms with Crippen LogP contribution in [0, 0.1) is 0 Å². The third kappa shape index (κ3) is 5.50. The predicted molar refractivity (Wildman–Crippen MR) is 129 cm³/mol. The number of aliphatic hydroxyl groups is 1. The quantitative estimate of drug-likeness (QED) is 0.661. The third-order valence-electron chi connectivity index (χ3n) is 7.70. The van der Waals surface area contributed by atoms with E-state index < -0.39 is 0 Å². The van der Waals surface area contributed by atoms with Crippen LogP contribution in [0.3, 0.4) is 0 Å². The van der Waals surface area contributed by atoms with Crippen LogP contribution in [-0.4, -0.2) is 103 Å². The Labute approximate surface area is 197 Å². The Morgan fingerprint density at radius 2 is 1.82 bits per heavy atom. The highest BCUT2D eigenvalue weighted by molar-refractivity contribution is 5.83. The Kier molecular flexibility index (Phi) is 7.56. The maximum atomic E-state index is 13.1. The molecule has 33 heavy (non-hydrogen) atoms. The third-order valence-corrected chi connectivity index (χ3v) is 7.70. The first-order valence-electron chi connectivity index (χ1n) is 12.3. The van der Waals surface area contributed by atoms with Gasteiger partial charge in [-0.3, -0.25) is 19.4 Å².